The van der Waals surface area contributed by atoms with E-state index in [0.29, 0.717) is 23.1 Å². The molecule has 1 N–H and O–H groups in total. The van der Waals surface area contributed by atoms with Crippen molar-refractivity contribution >= 4 is 28.3 Å². The molecule has 0 radical (unpaired) electrons. The Hall–Kier alpha value is -2.72. The molecule has 3 aromatic rings. The lowest BCUT2D eigenvalue weighted by Gasteiger charge is -2.10. The molecule has 134 valence electrons. The molecule has 0 aliphatic rings. The molecule has 0 saturated carbocycles. The summed E-state index contributed by atoms with van der Waals surface area (Å²) in [4.78, 5) is 11.0. The van der Waals surface area contributed by atoms with Crippen molar-refractivity contribution < 1.29 is 14.3 Å². The van der Waals surface area contributed by atoms with Gasteiger partial charge in [0.15, 0.2) is 0 Å². The second-order valence-corrected chi connectivity index (χ2v) is 6.38. The fraction of sp³-hybridized carbons (Fsp3) is 0.190. The summed E-state index contributed by atoms with van der Waals surface area (Å²) >= 11 is 6.14. The van der Waals surface area contributed by atoms with Crippen LogP contribution >= 0.6 is 11.6 Å². The number of amides is 1. The fourth-order valence-corrected chi connectivity index (χ4v) is 2.97. The number of halogens is 1. The third-order valence-corrected chi connectivity index (χ3v) is 4.32. The normalized spacial score (nSPS) is 10.6. The molecule has 5 heteroatoms. The van der Waals surface area contributed by atoms with E-state index < -0.39 is 0 Å². The van der Waals surface area contributed by atoms with E-state index in [9.17, 15) is 4.79 Å². The van der Waals surface area contributed by atoms with E-state index >= 15 is 0 Å². The van der Waals surface area contributed by atoms with E-state index in [2.05, 4.69) is 23.5 Å². The second-order valence-electron chi connectivity index (χ2n) is 5.97. The summed E-state index contributed by atoms with van der Waals surface area (Å²) in [7, 11) is 1.58. The first-order chi connectivity index (χ1) is 12.5. The largest absolute Gasteiger partial charge is 0.495 e. The van der Waals surface area contributed by atoms with Crippen molar-refractivity contribution in [2.45, 2.75) is 13.3 Å². The van der Waals surface area contributed by atoms with Crippen molar-refractivity contribution in [1.82, 2.24) is 5.32 Å². The third-order valence-electron chi connectivity index (χ3n) is 4.02. The summed E-state index contributed by atoms with van der Waals surface area (Å²) in [6.07, 6.45) is 0.804. The lowest BCUT2D eigenvalue weighted by Crippen LogP contribution is -2.22. The van der Waals surface area contributed by atoms with Crippen LogP contribution < -0.4 is 14.8 Å². The monoisotopic (exact) mass is 369 g/mol. The number of hydrogen-bond donors (Lipinski definition) is 1. The molecule has 0 fully saturated rings. The minimum Gasteiger partial charge on any atom is -0.495 e. The van der Waals surface area contributed by atoms with Gasteiger partial charge in [-0.1, -0.05) is 35.9 Å². The van der Waals surface area contributed by atoms with Crippen LogP contribution in [0.2, 0.25) is 5.02 Å². The van der Waals surface area contributed by atoms with Crippen molar-refractivity contribution in [1.29, 1.82) is 0 Å². The maximum absolute atomic E-state index is 11.0. The minimum atomic E-state index is -0.00813. The highest BCUT2D eigenvalue weighted by Crippen LogP contribution is 2.32. The van der Waals surface area contributed by atoms with Crippen LogP contribution in [0.25, 0.3) is 10.8 Å². The summed E-state index contributed by atoms with van der Waals surface area (Å²) in [5, 5.41) is 5.54. The zero-order valence-electron chi connectivity index (χ0n) is 14.7. The third kappa shape index (κ3) is 4.46. The summed E-state index contributed by atoms with van der Waals surface area (Å²) in [6, 6.07) is 17.5. The van der Waals surface area contributed by atoms with Crippen LogP contribution in [0.4, 0.5) is 0 Å². The van der Waals surface area contributed by atoms with Crippen molar-refractivity contribution in [3.63, 3.8) is 0 Å². The average Bonchev–Trinajstić information content (AvgIpc) is 2.61. The Morgan fingerprint density at radius 1 is 1.00 bits per heavy atom. The number of carbonyl (C=O) groups excluding carboxylic acids is 1. The summed E-state index contributed by atoms with van der Waals surface area (Å²) in [5.41, 5.74) is 1.18. The van der Waals surface area contributed by atoms with Gasteiger partial charge in [-0.2, -0.15) is 0 Å². The van der Waals surface area contributed by atoms with E-state index in [4.69, 9.17) is 21.1 Å². The van der Waals surface area contributed by atoms with Crippen LogP contribution in [-0.2, 0) is 11.2 Å². The van der Waals surface area contributed by atoms with Crippen molar-refractivity contribution in [3.8, 4) is 17.2 Å². The number of nitrogens with one attached hydrogen (secondary N) is 1. The van der Waals surface area contributed by atoms with Gasteiger partial charge in [0, 0.05) is 19.5 Å². The highest BCUT2D eigenvalue weighted by atomic mass is 35.5. The summed E-state index contributed by atoms with van der Waals surface area (Å²) < 4.78 is 11.1. The van der Waals surface area contributed by atoms with Gasteiger partial charge < -0.3 is 14.8 Å². The first kappa shape index (κ1) is 18.1. The Bertz CT molecular complexity index is 940. The van der Waals surface area contributed by atoms with Gasteiger partial charge >= 0.3 is 0 Å². The Balaban J connectivity index is 1.74. The van der Waals surface area contributed by atoms with Crippen LogP contribution in [0.15, 0.2) is 54.6 Å². The predicted molar refractivity (Wildman–Crippen MR) is 104 cm³/mol. The Kier molecular flexibility index (Phi) is 5.64. The standard InChI is InChI=1S/C21H20ClNO3/c1-14(24)23-10-9-15-3-4-17-12-18(6-5-16(17)11-15)26-19-7-8-21(25-2)20(22)13-19/h3-8,11-13H,9-10H2,1-2H3,(H,23,24). The first-order valence-corrected chi connectivity index (χ1v) is 8.71. The van der Waals surface area contributed by atoms with E-state index in [1.165, 1.54) is 12.5 Å². The number of hydrogen-bond acceptors (Lipinski definition) is 3. The molecule has 1 amide bonds. The SMILES string of the molecule is COc1ccc(Oc2ccc3cc(CCNC(C)=O)ccc3c2)cc1Cl. The molecule has 0 aliphatic heterocycles. The zero-order valence-corrected chi connectivity index (χ0v) is 15.5. The number of benzene rings is 3. The van der Waals surface area contributed by atoms with E-state index in [1.54, 1.807) is 19.2 Å². The number of ether oxygens (including phenoxy) is 2. The first-order valence-electron chi connectivity index (χ1n) is 8.33. The van der Waals surface area contributed by atoms with Crippen molar-refractivity contribution in [3.05, 3.63) is 65.2 Å². The number of rotatable bonds is 6. The smallest absolute Gasteiger partial charge is 0.216 e. The number of carbonyl (C=O) groups is 1. The highest BCUT2D eigenvalue weighted by molar-refractivity contribution is 6.32. The molecule has 3 aromatic carbocycles. The van der Waals surface area contributed by atoms with Crippen LogP contribution in [0.3, 0.4) is 0 Å². The molecule has 26 heavy (non-hydrogen) atoms. The molecule has 3 rings (SSSR count). The maximum atomic E-state index is 11.0. The van der Waals surface area contributed by atoms with Gasteiger partial charge in [0.05, 0.1) is 12.1 Å². The quantitative estimate of drug-likeness (QED) is 0.667. The Morgan fingerprint density at radius 2 is 1.69 bits per heavy atom. The van der Waals surface area contributed by atoms with E-state index in [-0.39, 0.29) is 5.91 Å². The topological polar surface area (TPSA) is 47.6 Å². The molecule has 4 nitrogen and oxygen atoms in total. The van der Waals surface area contributed by atoms with Crippen LogP contribution in [-0.4, -0.2) is 19.6 Å². The molecule has 0 atom stereocenters. The van der Waals surface area contributed by atoms with E-state index in [0.717, 1.165) is 22.9 Å². The molecular weight excluding hydrogens is 350 g/mol. The highest BCUT2D eigenvalue weighted by Gasteiger charge is 2.05. The molecule has 0 bridgehead atoms. The van der Waals surface area contributed by atoms with Gasteiger partial charge in [-0.05, 0) is 47.0 Å². The Labute approximate surface area is 157 Å². The van der Waals surface area contributed by atoms with Gasteiger partial charge in [-0.15, -0.1) is 0 Å². The minimum absolute atomic E-state index is 0.00813. The van der Waals surface area contributed by atoms with Crippen molar-refractivity contribution in [2.75, 3.05) is 13.7 Å². The average molecular weight is 370 g/mol. The van der Waals surface area contributed by atoms with Gasteiger partial charge in [0.25, 0.3) is 0 Å². The summed E-state index contributed by atoms with van der Waals surface area (Å²) in [6.45, 7) is 2.16. The van der Waals surface area contributed by atoms with Gasteiger partial charge in [-0.3, -0.25) is 4.79 Å². The predicted octanol–water partition coefficient (Wildman–Crippen LogP) is 4.97. The molecule has 0 saturated heterocycles. The molecule has 0 heterocycles. The Morgan fingerprint density at radius 3 is 2.42 bits per heavy atom. The van der Waals surface area contributed by atoms with Crippen molar-refractivity contribution in [2.24, 2.45) is 0 Å². The number of methoxy groups -OCH3 is 1. The van der Waals surface area contributed by atoms with Crippen LogP contribution in [0.1, 0.15) is 12.5 Å². The second kappa shape index (κ2) is 8.11. The summed E-state index contributed by atoms with van der Waals surface area (Å²) in [5.74, 6) is 2.00. The lowest BCUT2D eigenvalue weighted by atomic mass is 10.0. The number of fused-ring (bicyclic) bond motifs is 1. The lowest BCUT2D eigenvalue weighted by molar-refractivity contribution is -0.118. The molecule has 0 spiro atoms. The van der Waals surface area contributed by atoms with Gasteiger partial charge in [0.1, 0.15) is 17.2 Å². The molecular formula is C21H20ClNO3. The zero-order chi connectivity index (χ0) is 18.5. The van der Waals surface area contributed by atoms with Crippen LogP contribution in [0, 0.1) is 0 Å². The fourth-order valence-electron chi connectivity index (χ4n) is 2.72. The molecule has 0 aliphatic carbocycles. The molecule has 0 aromatic heterocycles. The molecule has 0 unspecified atom stereocenters. The van der Waals surface area contributed by atoms with Gasteiger partial charge in [0.2, 0.25) is 5.91 Å². The van der Waals surface area contributed by atoms with Gasteiger partial charge in [-0.25, -0.2) is 0 Å². The maximum Gasteiger partial charge on any atom is 0.216 e. The van der Waals surface area contributed by atoms with E-state index in [1.807, 2.05) is 24.3 Å². The van der Waals surface area contributed by atoms with Crippen LogP contribution in [0.5, 0.6) is 17.2 Å².